The zero-order valence-electron chi connectivity index (χ0n) is 15.2. The molecule has 0 saturated carbocycles. The van der Waals surface area contributed by atoms with Gasteiger partial charge in [0.2, 0.25) is 0 Å². The maximum atomic E-state index is 9.55. The standard InChI is InChI=1S/C23H17BrClNO2/c1-27-22-13-17(11-19(14-26)18-7-9-20(25)10-8-18)12-21(24)23(22)28-15-16-5-3-2-4-6-16/h2-13H,15H2,1H3/b19-11-. The Morgan fingerprint density at radius 3 is 2.46 bits per heavy atom. The molecule has 0 amide bonds. The highest BCUT2D eigenvalue weighted by Gasteiger charge is 2.12. The normalized spacial score (nSPS) is 11.0. The van der Waals surface area contributed by atoms with Crippen LogP contribution in [0.1, 0.15) is 16.7 Å². The molecule has 0 unspecified atom stereocenters. The van der Waals surface area contributed by atoms with Gasteiger partial charge < -0.3 is 9.47 Å². The SMILES string of the molecule is COc1cc(/C=C(/C#N)c2ccc(Cl)cc2)cc(Br)c1OCc1ccccc1. The molecule has 0 aliphatic carbocycles. The van der Waals surface area contributed by atoms with Gasteiger partial charge in [0.15, 0.2) is 11.5 Å². The van der Waals surface area contributed by atoms with E-state index in [0.717, 1.165) is 21.2 Å². The molecule has 0 saturated heterocycles. The summed E-state index contributed by atoms with van der Waals surface area (Å²) in [7, 11) is 1.59. The Bertz CT molecular complexity index is 1020. The zero-order chi connectivity index (χ0) is 19.9. The lowest BCUT2D eigenvalue weighted by atomic mass is 10.0. The lowest BCUT2D eigenvalue weighted by molar-refractivity contribution is 0.282. The van der Waals surface area contributed by atoms with E-state index in [1.807, 2.05) is 54.6 Å². The van der Waals surface area contributed by atoms with Gasteiger partial charge in [-0.2, -0.15) is 5.26 Å². The molecule has 0 aliphatic heterocycles. The third-order valence-corrected chi connectivity index (χ3v) is 4.91. The maximum Gasteiger partial charge on any atom is 0.175 e. The van der Waals surface area contributed by atoms with E-state index < -0.39 is 0 Å². The molecular formula is C23H17BrClNO2. The van der Waals surface area contributed by atoms with Crippen LogP contribution in [0.2, 0.25) is 5.02 Å². The number of rotatable bonds is 6. The van der Waals surface area contributed by atoms with Crippen LogP contribution >= 0.6 is 27.5 Å². The minimum atomic E-state index is 0.430. The average molecular weight is 455 g/mol. The van der Waals surface area contributed by atoms with Crippen molar-refractivity contribution in [1.29, 1.82) is 5.26 Å². The van der Waals surface area contributed by atoms with Gasteiger partial charge in [-0.1, -0.05) is 54.1 Å². The summed E-state index contributed by atoms with van der Waals surface area (Å²) in [4.78, 5) is 0. The maximum absolute atomic E-state index is 9.55. The number of hydrogen-bond acceptors (Lipinski definition) is 3. The largest absolute Gasteiger partial charge is 0.493 e. The summed E-state index contributed by atoms with van der Waals surface area (Å²) in [6.07, 6.45) is 1.80. The molecule has 0 heterocycles. The van der Waals surface area contributed by atoms with Gasteiger partial charge in [-0.25, -0.2) is 0 Å². The number of benzene rings is 3. The van der Waals surface area contributed by atoms with Crippen molar-refractivity contribution in [1.82, 2.24) is 0 Å². The lowest BCUT2D eigenvalue weighted by Crippen LogP contribution is -1.99. The molecule has 3 aromatic carbocycles. The number of hydrogen-bond donors (Lipinski definition) is 0. The molecule has 5 heteroatoms. The molecule has 3 aromatic rings. The summed E-state index contributed by atoms with van der Waals surface area (Å²) >= 11 is 9.49. The predicted molar refractivity (Wildman–Crippen MR) is 116 cm³/mol. The van der Waals surface area contributed by atoms with Gasteiger partial charge in [-0.15, -0.1) is 0 Å². The van der Waals surface area contributed by atoms with Crippen LogP contribution in [0.4, 0.5) is 0 Å². The van der Waals surface area contributed by atoms with Crippen molar-refractivity contribution in [3.63, 3.8) is 0 Å². The van der Waals surface area contributed by atoms with Gasteiger partial charge in [0.1, 0.15) is 6.61 Å². The molecule has 0 fully saturated rings. The Kier molecular flexibility index (Phi) is 6.76. The monoisotopic (exact) mass is 453 g/mol. The van der Waals surface area contributed by atoms with E-state index in [9.17, 15) is 5.26 Å². The number of ether oxygens (including phenoxy) is 2. The molecule has 140 valence electrons. The molecule has 0 atom stereocenters. The molecule has 3 nitrogen and oxygen atoms in total. The highest BCUT2D eigenvalue weighted by molar-refractivity contribution is 9.10. The molecule has 0 aromatic heterocycles. The third-order valence-electron chi connectivity index (χ3n) is 4.06. The quantitative estimate of drug-likeness (QED) is 0.305. The molecule has 0 N–H and O–H groups in total. The van der Waals surface area contributed by atoms with Crippen molar-refractivity contribution in [3.05, 3.63) is 92.9 Å². The minimum absolute atomic E-state index is 0.430. The molecule has 0 aliphatic rings. The summed E-state index contributed by atoms with van der Waals surface area (Å²) < 4.78 is 12.2. The first kappa shape index (κ1) is 20.0. The van der Waals surface area contributed by atoms with Crippen LogP contribution in [0.5, 0.6) is 11.5 Å². The van der Waals surface area contributed by atoms with E-state index in [1.54, 1.807) is 25.3 Å². The van der Waals surface area contributed by atoms with Crippen LogP contribution in [0.25, 0.3) is 11.6 Å². The van der Waals surface area contributed by atoms with Crippen LogP contribution in [-0.2, 0) is 6.61 Å². The topological polar surface area (TPSA) is 42.2 Å². The van der Waals surface area contributed by atoms with Gasteiger partial charge >= 0.3 is 0 Å². The first-order valence-corrected chi connectivity index (χ1v) is 9.70. The van der Waals surface area contributed by atoms with Crippen molar-refractivity contribution in [2.24, 2.45) is 0 Å². The summed E-state index contributed by atoms with van der Waals surface area (Å²) in [5.74, 6) is 1.21. The number of nitriles is 1. The van der Waals surface area contributed by atoms with Crippen LogP contribution in [0.15, 0.2) is 71.2 Å². The minimum Gasteiger partial charge on any atom is -0.493 e. The van der Waals surface area contributed by atoms with Crippen LogP contribution in [0.3, 0.4) is 0 Å². The van der Waals surface area contributed by atoms with E-state index in [1.165, 1.54) is 0 Å². The van der Waals surface area contributed by atoms with Crippen molar-refractivity contribution >= 4 is 39.2 Å². The van der Waals surface area contributed by atoms with E-state index in [2.05, 4.69) is 22.0 Å². The van der Waals surface area contributed by atoms with Gasteiger partial charge in [0.25, 0.3) is 0 Å². The second-order valence-corrected chi connectivity index (χ2v) is 7.28. The van der Waals surface area contributed by atoms with E-state index >= 15 is 0 Å². The second kappa shape index (κ2) is 9.45. The molecule has 3 rings (SSSR count). The van der Waals surface area contributed by atoms with Crippen molar-refractivity contribution in [2.45, 2.75) is 6.61 Å². The van der Waals surface area contributed by atoms with Crippen molar-refractivity contribution in [3.8, 4) is 17.6 Å². The van der Waals surface area contributed by atoms with Crippen LogP contribution in [-0.4, -0.2) is 7.11 Å². The van der Waals surface area contributed by atoms with Crippen LogP contribution in [0, 0.1) is 11.3 Å². The Balaban J connectivity index is 1.89. The van der Waals surface area contributed by atoms with E-state index in [0.29, 0.717) is 28.7 Å². The first-order valence-electron chi connectivity index (χ1n) is 8.52. The summed E-state index contributed by atoms with van der Waals surface area (Å²) in [6.45, 7) is 0.430. The summed E-state index contributed by atoms with van der Waals surface area (Å²) in [6, 6.07) is 23.1. The fourth-order valence-corrected chi connectivity index (χ4v) is 3.37. The fraction of sp³-hybridized carbons (Fsp3) is 0.0870. The Morgan fingerprint density at radius 1 is 1.11 bits per heavy atom. The summed E-state index contributed by atoms with van der Waals surface area (Å²) in [5.41, 5.74) is 3.21. The van der Waals surface area contributed by atoms with Crippen LogP contribution < -0.4 is 9.47 Å². The number of halogens is 2. The second-order valence-electron chi connectivity index (χ2n) is 5.99. The van der Waals surface area contributed by atoms with Gasteiger partial charge in [-0.3, -0.25) is 0 Å². The van der Waals surface area contributed by atoms with E-state index in [-0.39, 0.29) is 0 Å². The molecule has 28 heavy (non-hydrogen) atoms. The smallest absolute Gasteiger partial charge is 0.175 e. The Hall–Kier alpha value is -2.74. The molecule has 0 bridgehead atoms. The predicted octanol–water partition coefficient (Wildman–Crippen LogP) is 6.75. The molecular weight excluding hydrogens is 438 g/mol. The lowest BCUT2D eigenvalue weighted by Gasteiger charge is -2.14. The number of allylic oxidation sites excluding steroid dienone is 1. The van der Waals surface area contributed by atoms with Crippen molar-refractivity contribution < 1.29 is 9.47 Å². The van der Waals surface area contributed by atoms with Gasteiger partial charge in [-0.05, 0) is 63.0 Å². The van der Waals surface area contributed by atoms with E-state index in [4.69, 9.17) is 21.1 Å². The summed E-state index contributed by atoms with van der Waals surface area (Å²) in [5, 5.41) is 10.2. The Morgan fingerprint density at radius 2 is 1.82 bits per heavy atom. The Labute approximate surface area is 177 Å². The van der Waals surface area contributed by atoms with Crippen molar-refractivity contribution in [2.75, 3.05) is 7.11 Å². The number of methoxy groups -OCH3 is 1. The fourth-order valence-electron chi connectivity index (χ4n) is 2.67. The van der Waals surface area contributed by atoms with Gasteiger partial charge in [0, 0.05) is 5.02 Å². The van der Waals surface area contributed by atoms with Gasteiger partial charge in [0.05, 0.1) is 23.2 Å². The first-order chi connectivity index (χ1) is 13.6. The third kappa shape index (κ3) is 4.95. The average Bonchev–Trinajstić information content (AvgIpc) is 2.72. The molecule has 0 radical (unpaired) electrons. The zero-order valence-corrected chi connectivity index (χ0v) is 17.5. The number of nitrogens with zero attached hydrogens (tertiary/aromatic N) is 1. The highest BCUT2D eigenvalue weighted by atomic mass is 79.9. The molecule has 0 spiro atoms. The highest BCUT2D eigenvalue weighted by Crippen LogP contribution is 2.38.